The van der Waals surface area contributed by atoms with Crippen LogP contribution in [0.4, 0.5) is 13.2 Å². The first-order valence-electron chi connectivity index (χ1n) is 2.18. The van der Waals surface area contributed by atoms with E-state index < -0.39 is 24.7 Å². The summed E-state index contributed by atoms with van der Waals surface area (Å²) in [5.41, 5.74) is -0.398. The van der Waals surface area contributed by atoms with Crippen LogP contribution in [0.2, 0.25) is 0 Å². The van der Waals surface area contributed by atoms with Crippen molar-refractivity contribution in [2.45, 2.75) is 6.92 Å². The third-order valence-corrected chi connectivity index (χ3v) is 0.810. The zero-order valence-electron chi connectivity index (χ0n) is 4.55. The number of alkyl halides is 2. The highest BCUT2D eigenvalue weighted by molar-refractivity contribution is 5.05. The summed E-state index contributed by atoms with van der Waals surface area (Å²) in [6.07, 6.45) is 0. The van der Waals surface area contributed by atoms with Crippen LogP contribution >= 0.6 is 0 Å². The van der Waals surface area contributed by atoms with Gasteiger partial charge in [0.1, 0.15) is 19.2 Å². The third-order valence-electron chi connectivity index (χ3n) is 0.810. The molecule has 0 aliphatic carbocycles. The van der Waals surface area contributed by atoms with Gasteiger partial charge in [0.05, 0.1) is 0 Å². The van der Waals surface area contributed by atoms with Gasteiger partial charge < -0.3 is 0 Å². The Kier molecular flexibility index (Phi) is 3.31. The Morgan fingerprint density at radius 2 is 1.62 bits per heavy atom. The fourth-order valence-corrected chi connectivity index (χ4v) is 0.220. The fourth-order valence-electron chi connectivity index (χ4n) is 0.220. The van der Waals surface area contributed by atoms with Crippen LogP contribution in [0.15, 0.2) is 11.4 Å². The molecule has 0 aromatic heterocycles. The molecule has 0 nitrogen and oxygen atoms in total. The van der Waals surface area contributed by atoms with Crippen LogP contribution < -0.4 is 0 Å². The molecule has 48 valence electrons. The van der Waals surface area contributed by atoms with Crippen LogP contribution in [-0.2, 0) is 0 Å². The molecular weight excluding hydrogens is 117 g/mol. The number of hydrogen-bond donors (Lipinski definition) is 0. The zero-order chi connectivity index (χ0) is 6.57. The van der Waals surface area contributed by atoms with Crippen molar-refractivity contribution in [3.05, 3.63) is 11.4 Å². The molecule has 0 heterocycles. The summed E-state index contributed by atoms with van der Waals surface area (Å²) in [5.74, 6) is -0.755. The van der Waals surface area contributed by atoms with Crippen LogP contribution in [0.5, 0.6) is 0 Å². The Balaban J connectivity index is 3.86. The Morgan fingerprint density at radius 3 is 1.62 bits per heavy atom. The lowest BCUT2D eigenvalue weighted by atomic mass is 10.3. The fraction of sp³-hybridized carbons (Fsp3) is 0.600. The first-order chi connectivity index (χ1) is 3.72. The molecule has 0 aliphatic rings. The highest BCUT2D eigenvalue weighted by Gasteiger charge is 1.98. The quantitative estimate of drug-likeness (QED) is 0.529. The average Bonchev–Trinajstić information content (AvgIpc) is 1.69. The predicted octanol–water partition coefficient (Wildman–Crippen LogP) is 2.17. The number of halogens is 3. The maximum absolute atomic E-state index is 11.8. The summed E-state index contributed by atoms with van der Waals surface area (Å²) in [6, 6.07) is 0. The SMILES string of the molecule is CC(F)=C(CF)CF. The van der Waals surface area contributed by atoms with E-state index in [-0.39, 0.29) is 0 Å². The van der Waals surface area contributed by atoms with Crippen LogP contribution in [0.3, 0.4) is 0 Å². The number of rotatable bonds is 2. The highest BCUT2D eigenvalue weighted by atomic mass is 19.1. The molecule has 0 rings (SSSR count). The monoisotopic (exact) mass is 124 g/mol. The molecule has 0 unspecified atom stereocenters. The van der Waals surface area contributed by atoms with Crippen molar-refractivity contribution >= 4 is 0 Å². The molecule has 0 amide bonds. The summed E-state index contributed by atoms with van der Waals surface area (Å²) in [5, 5.41) is 0. The van der Waals surface area contributed by atoms with Crippen molar-refractivity contribution in [2.24, 2.45) is 0 Å². The first kappa shape index (κ1) is 7.53. The van der Waals surface area contributed by atoms with Crippen LogP contribution in [0, 0.1) is 0 Å². The molecule has 0 saturated heterocycles. The van der Waals surface area contributed by atoms with Gasteiger partial charge in [-0.05, 0) is 6.92 Å². The van der Waals surface area contributed by atoms with E-state index in [1.54, 1.807) is 0 Å². The van der Waals surface area contributed by atoms with E-state index in [0.29, 0.717) is 0 Å². The maximum atomic E-state index is 11.8. The van der Waals surface area contributed by atoms with Crippen molar-refractivity contribution in [2.75, 3.05) is 13.3 Å². The second-order valence-corrected chi connectivity index (χ2v) is 1.40. The normalized spacial score (nSPS) is 9.00. The highest BCUT2D eigenvalue weighted by Crippen LogP contribution is 2.05. The van der Waals surface area contributed by atoms with Gasteiger partial charge in [-0.15, -0.1) is 0 Å². The van der Waals surface area contributed by atoms with E-state index >= 15 is 0 Å². The summed E-state index contributed by atoms with van der Waals surface area (Å²) in [4.78, 5) is 0. The van der Waals surface area contributed by atoms with Gasteiger partial charge in [0.2, 0.25) is 0 Å². The Hall–Kier alpha value is -0.470. The summed E-state index contributed by atoms with van der Waals surface area (Å²) >= 11 is 0. The minimum absolute atomic E-state index is 0.398. The summed E-state index contributed by atoms with van der Waals surface area (Å²) < 4.78 is 34.5. The average molecular weight is 124 g/mol. The van der Waals surface area contributed by atoms with Gasteiger partial charge in [-0.1, -0.05) is 0 Å². The molecule has 0 aromatic rings. The van der Waals surface area contributed by atoms with Crippen LogP contribution in [-0.4, -0.2) is 13.3 Å². The van der Waals surface area contributed by atoms with Crippen molar-refractivity contribution in [3.8, 4) is 0 Å². The smallest absolute Gasteiger partial charge is 0.116 e. The minimum atomic E-state index is -1.03. The topological polar surface area (TPSA) is 0 Å². The second kappa shape index (κ2) is 3.52. The maximum Gasteiger partial charge on any atom is 0.116 e. The second-order valence-electron chi connectivity index (χ2n) is 1.40. The minimum Gasteiger partial charge on any atom is -0.246 e. The molecule has 0 spiro atoms. The molecule has 0 radical (unpaired) electrons. The standard InChI is InChI=1S/C5H7F3/c1-4(8)5(2-6)3-7/h2-3H2,1H3. The molecule has 0 aliphatic heterocycles. The lowest BCUT2D eigenvalue weighted by molar-refractivity contribution is 0.454. The Labute approximate surface area is 46.0 Å². The van der Waals surface area contributed by atoms with E-state index in [1.807, 2.05) is 0 Å². The molecule has 0 N–H and O–H groups in total. The van der Waals surface area contributed by atoms with Crippen LogP contribution in [0.1, 0.15) is 6.92 Å². The van der Waals surface area contributed by atoms with Gasteiger partial charge in [-0.3, -0.25) is 0 Å². The van der Waals surface area contributed by atoms with Gasteiger partial charge >= 0.3 is 0 Å². The summed E-state index contributed by atoms with van der Waals surface area (Å²) in [7, 11) is 0. The molecule has 0 saturated carbocycles. The lowest BCUT2D eigenvalue weighted by Gasteiger charge is -1.92. The molecule has 0 bridgehead atoms. The molecular formula is C5H7F3. The number of allylic oxidation sites excluding steroid dienone is 2. The lowest BCUT2D eigenvalue weighted by Crippen LogP contribution is -1.89. The van der Waals surface area contributed by atoms with Crippen molar-refractivity contribution in [3.63, 3.8) is 0 Å². The third kappa shape index (κ3) is 2.00. The largest absolute Gasteiger partial charge is 0.246 e. The molecule has 0 atom stereocenters. The van der Waals surface area contributed by atoms with Gasteiger partial charge in [0, 0.05) is 5.57 Å². The van der Waals surface area contributed by atoms with E-state index in [2.05, 4.69) is 0 Å². The van der Waals surface area contributed by atoms with Gasteiger partial charge in [0.15, 0.2) is 0 Å². The van der Waals surface area contributed by atoms with Crippen LogP contribution in [0.25, 0.3) is 0 Å². The van der Waals surface area contributed by atoms with E-state index in [0.717, 1.165) is 6.92 Å². The summed E-state index contributed by atoms with van der Waals surface area (Å²) in [6.45, 7) is -1.02. The van der Waals surface area contributed by atoms with E-state index in [1.165, 1.54) is 0 Å². The first-order valence-corrected chi connectivity index (χ1v) is 2.18. The Bertz CT molecular complexity index is 85.8. The predicted molar refractivity (Wildman–Crippen MR) is 25.8 cm³/mol. The van der Waals surface area contributed by atoms with E-state index in [4.69, 9.17) is 0 Å². The van der Waals surface area contributed by atoms with Gasteiger partial charge in [-0.2, -0.15) is 0 Å². The van der Waals surface area contributed by atoms with Gasteiger partial charge in [-0.25, -0.2) is 13.2 Å². The number of hydrogen-bond acceptors (Lipinski definition) is 0. The van der Waals surface area contributed by atoms with Gasteiger partial charge in [0.25, 0.3) is 0 Å². The molecule has 0 aromatic carbocycles. The van der Waals surface area contributed by atoms with Crippen molar-refractivity contribution in [1.82, 2.24) is 0 Å². The van der Waals surface area contributed by atoms with E-state index in [9.17, 15) is 13.2 Å². The zero-order valence-corrected chi connectivity index (χ0v) is 4.55. The molecule has 3 heteroatoms. The van der Waals surface area contributed by atoms with Crippen molar-refractivity contribution < 1.29 is 13.2 Å². The molecule has 0 fully saturated rings. The Morgan fingerprint density at radius 1 is 1.25 bits per heavy atom. The van der Waals surface area contributed by atoms with Crippen molar-refractivity contribution in [1.29, 1.82) is 0 Å². The molecule has 8 heavy (non-hydrogen) atoms.